The first kappa shape index (κ1) is 14.7. The van der Waals surface area contributed by atoms with Crippen molar-refractivity contribution in [2.75, 3.05) is 20.2 Å². The standard InChI is InChI=1S/C14H22N2O2/c1-3-7-16-14(17)10-15-9-12-5-4-6-13(8-12)11-18-2/h4-6,8,15H,3,7,9-11H2,1-2H3,(H,16,17). The van der Waals surface area contributed by atoms with Crippen LogP contribution in [0.25, 0.3) is 0 Å². The maximum atomic E-state index is 11.4. The van der Waals surface area contributed by atoms with E-state index in [4.69, 9.17) is 4.74 Å². The molecule has 0 radical (unpaired) electrons. The molecule has 100 valence electrons. The number of carbonyl (C=O) groups excluding carboxylic acids is 1. The second kappa shape index (κ2) is 8.66. The molecule has 4 nitrogen and oxygen atoms in total. The highest BCUT2D eigenvalue weighted by molar-refractivity contribution is 5.77. The molecule has 1 rings (SSSR count). The van der Waals surface area contributed by atoms with Crippen LogP contribution >= 0.6 is 0 Å². The molecule has 0 aliphatic carbocycles. The average molecular weight is 250 g/mol. The first-order chi connectivity index (χ1) is 8.76. The summed E-state index contributed by atoms with van der Waals surface area (Å²) < 4.78 is 5.09. The molecule has 0 spiro atoms. The van der Waals surface area contributed by atoms with Gasteiger partial charge in [0.15, 0.2) is 0 Å². The maximum absolute atomic E-state index is 11.4. The van der Waals surface area contributed by atoms with Crippen molar-refractivity contribution in [3.63, 3.8) is 0 Å². The molecule has 1 aromatic rings. The van der Waals surface area contributed by atoms with Gasteiger partial charge in [0.2, 0.25) is 5.91 Å². The minimum Gasteiger partial charge on any atom is -0.380 e. The van der Waals surface area contributed by atoms with Crippen LogP contribution in [0.15, 0.2) is 24.3 Å². The fraction of sp³-hybridized carbons (Fsp3) is 0.500. The number of amides is 1. The average Bonchev–Trinajstić information content (AvgIpc) is 2.37. The molecule has 2 N–H and O–H groups in total. The van der Waals surface area contributed by atoms with Crippen LogP contribution in [0.5, 0.6) is 0 Å². The smallest absolute Gasteiger partial charge is 0.233 e. The van der Waals surface area contributed by atoms with Gasteiger partial charge in [-0.2, -0.15) is 0 Å². The third-order valence-electron chi connectivity index (χ3n) is 2.49. The van der Waals surface area contributed by atoms with Crippen LogP contribution in [0, 0.1) is 0 Å². The number of methoxy groups -OCH3 is 1. The Kier molecular flexibility index (Phi) is 7.06. The Balaban J connectivity index is 2.30. The Morgan fingerprint density at radius 1 is 1.33 bits per heavy atom. The molecule has 1 amide bonds. The number of benzene rings is 1. The van der Waals surface area contributed by atoms with Crippen molar-refractivity contribution in [1.29, 1.82) is 0 Å². The van der Waals surface area contributed by atoms with E-state index in [2.05, 4.69) is 16.7 Å². The monoisotopic (exact) mass is 250 g/mol. The maximum Gasteiger partial charge on any atom is 0.233 e. The molecular formula is C14H22N2O2. The van der Waals surface area contributed by atoms with Gasteiger partial charge in [0, 0.05) is 20.2 Å². The number of hydrogen-bond acceptors (Lipinski definition) is 3. The van der Waals surface area contributed by atoms with Gasteiger partial charge in [0.05, 0.1) is 13.2 Å². The number of nitrogens with one attached hydrogen (secondary N) is 2. The van der Waals surface area contributed by atoms with Crippen molar-refractivity contribution in [3.8, 4) is 0 Å². The van der Waals surface area contributed by atoms with Gasteiger partial charge in [-0.15, -0.1) is 0 Å². The van der Waals surface area contributed by atoms with Crippen molar-refractivity contribution in [2.45, 2.75) is 26.5 Å². The predicted octanol–water partition coefficient (Wildman–Crippen LogP) is 1.45. The fourth-order valence-corrected chi connectivity index (χ4v) is 1.64. The molecule has 18 heavy (non-hydrogen) atoms. The van der Waals surface area contributed by atoms with E-state index in [-0.39, 0.29) is 5.91 Å². The zero-order valence-corrected chi connectivity index (χ0v) is 11.2. The SMILES string of the molecule is CCCNC(=O)CNCc1cccc(COC)c1. The molecule has 0 atom stereocenters. The first-order valence-electron chi connectivity index (χ1n) is 6.30. The van der Waals surface area contributed by atoms with E-state index >= 15 is 0 Å². The predicted molar refractivity (Wildman–Crippen MR) is 72.2 cm³/mol. The molecule has 4 heteroatoms. The summed E-state index contributed by atoms with van der Waals surface area (Å²) in [6.07, 6.45) is 0.963. The summed E-state index contributed by atoms with van der Waals surface area (Å²) in [7, 11) is 1.68. The van der Waals surface area contributed by atoms with Crippen LogP contribution in [0.3, 0.4) is 0 Å². The summed E-state index contributed by atoms with van der Waals surface area (Å²) >= 11 is 0. The van der Waals surface area contributed by atoms with Crippen molar-refractivity contribution in [2.24, 2.45) is 0 Å². The summed E-state index contributed by atoms with van der Waals surface area (Å²) in [6.45, 7) is 4.44. The number of carbonyl (C=O) groups is 1. The Labute approximate surface area is 109 Å². The lowest BCUT2D eigenvalue weighted by Crippen LogP contribution is -2.33. The Morgan fingerprint density at radius 2 is 2.11 bits per heavy atom. The second-order valence-corrected chi connectivity index (χ2v) is 4.21. The molecule has 0 bridgehead atoms. The molecule has 0 aliphatic rings. The van der Waals surface area contributed by atoms with E-state index in [0.29, 0.717) is 19.7 Å². The van der Waals surface area contributed by atoms with E-state index in [9.17, 15) is 4.79 Å². The van der Waals surface area contributed by atoms with Gasteiger partial charge in [-0.1, -0.05) is 31.2 Å². The molecule has 1 aromatic carbocycles. The van der Waals surface area contributed by atoms with Crippen molar-refractivity contribution in [3.05, 3.63) is 35.4 Å². The highest BCUT2D eigenvalue weighted by Gasteiger charge is 2.00. The van der Waals surface area contributed by atoms with Crippen LogP contribution in [0.2, 0.25) is 0 Å². The lowest BCUT2D eigenvalue weighted by atomic mass is 10.1. The van der Waals surface area contributed by atoms with Gasteiger partial charge in [-0.25, -0.2) is 0 Å². The van der Waals surface area contributed by atoms with Crippen molar-refractivity contribution in [1.82, 2.24) is 10.6 Å². The highest BCUT2D eigenvalue weighted by Crippen LogP contribution is 2.05. The summed E-state index contributed by atoms with van der Waals surface area (Å²) in [5.41, 5.74) is 2.31. The van der Waals surface area contributed by atoms with Gasteiger partial charge >= 0.3 is 0 Å². The largest absolute Gasteiger partial charge is 0.380 e. The van der Waals surface area contributed by atoms with Crippen LogP contribution in [0.4, 0.5) is 0 Å². The lowest BCUT2D eigenvalue weighted by molar-refractivity contribution is -0.120. The topological polar surface area (TPSA) is 50.4 Å². The molecule has 0 aliphatic heterocycles. The van der Waals surface area contributed by atoms with Crippen LogP contribution < -0.4 is 10.6 Å². The number of rotatable bonds is 8. The van der Waals surface area contributed by atoms with Gasteiger partial charge in [-0.05, 0) is 17.5 Å². The minimum absolute atomic E-state index is 0.0462. The molecular weight excluding hydrogens is 228 g/mol. The zero-order chi connectivity index (χ0) is 13.2. The summed E-state index contributed by atoms with van der Waals surface area (Å²) in [4.78, 5) is 11.4. The lowest BCUT2D eigenvalue weighted by Gasteiger charge is -2.07. The van der Waals surface area contributed by atoms with Gasteiger partial charge in [0.1, 0.15) is 0 Å². The van der Waals surface area contributed by atoms with E-state index in [1.54, 1.807) is 7.11 Å². The van der Waals surface area contributed by atoms with E-state index < -0.39 is 0 Å². The van der Waals surface area contributed by atoms with Crippen LogP contribution in [0.1, 0.15) is 24.5 Å². The zero-order valence-electron chi connectivity index (χ0n) is 11.2. The molecule has 0 saturated heterocycles. The summed E-state index contributed by atoms with van der Waals surface area (Å²) in [5, 5.41) is 5.96. The van der Waals surface area contributed by atoms with Gasteiger partial charge < -0.3 is 15.4 Å². The van der Waals surface area contributed by atoms with E-state index in [1.165, 1.54) is 0 Å². The Bertz CT molecular complexity index is 367. The van der Waals surface area contributed by atoms with E-state index in [0.717, 1.165) is 24.1 Å². The van der Waals surface area contributed by atoms with Crippen LogP contribution in [-0.4, -0.2) is 26.1 Å². The molecule has 0 fully saturated rings. The molecule has 0 saturated carbocycles. The second-order valence-electron chi connectivity index (χ2n) is 4.21. The van der Waals surface area contributed by atoms with Crippen LogP contribution in [-0.2, 0) is 22.7 Å². The third-order valence-corrected chi connectivity index (χ3v) is 2.49. The number of ether oxygens (including phenoxy) is 1. The quantitative estimate of drug-likeness (QED) is 0.734. The Morgan fingerprint density at radius 3 is 2.83 bits per heavy atom. The normalized spacial score (nSPS) is 10.3. The highest BCUT2D eigenvalue weighted by atomic mass is 16.5. The first-order valence-corrected chi connectivity index (χ1v) is 6.30. The fourth-order valence-electron chi connectivity index (χ4n) is 1.64. The molecule has 0 aromatic heterocycles. The molecule has 0 unspecified atom stereocenters. The van der Waals surface area contributed by atoms with Gasteiger partial charge in [0.25, 0.3) is 0 Å². The van der Waals surface area contributed by atoms with Crippen molar-refractivity contribution >= 4 is 5.91 Å². The minimum atomic E-state index is 0.0462. The third kappa shape index (κ3) is 5.80. The number of hydrogen-bond donors (Lipinski definition) is 2. The molecule has 0 heterocycles. The van der Waals surface area contributed by atoms with Crippen molar-refractivity contribution < 1.29 is 9.53 Å². The Hall–Kier alpha value is -1.39. The van der Waals surface area contributed by atoms with E-state index in [1.807, 2.05) is 25.1 Å². The summed E-state index contributed by atoms with van der Waals surface area (Å²) in [5.74, 6) is 0.0462. The summed E-state index contributed by atoms with van der Waals surface area (Å²) in [6, 6.07) is 8.15. The van der Waals surface area contributed by atoms with Gasteiger partial charge in [-0.3, -0.25) is 4.79 Å².